The highest BCUT2D eigenvalue weighted by atomic mass is 16.2. The number of imidazole rings is 1. The van der Waals surface area contributed by atoms with Crippen LogP contribution in [0, 0.1) is 6.92 Å². The van der Waals surface area contributed by atoms with Crippen molar-refractivity contribution in [2.45, 2.75) is 45.3 Å². The number of aryl methyl sites for hydroxylation is 1. The van der Waals surface area contributed by atoms with E-state index in [1.54, 1.807) is 12.4 Å². The zero-order chi connectivity index (χ0) is 23.1. The van der Waals surface area contributed by atoms with Crippen LogP contribution >= 0.6 is 0 Å². The number of carbonyl (C=O) groups is 1. The number of H-pyrrole nitrogens is 1. The molecule has 34 heavy (non-hydrogen) atoms. The molecule has 0 spiro atoms. The van der Waals surface area contributed by atoms with Gasteiger partial charge in [0.25, 0.3) is 0 Å². The van der Waals surface area contributed by atoms with Gasteiger partial charge in [-0.2, -0.15) is 15.4 Å². The predicted molar refractivity (Wildman–Crippen MR) is 125 cm³/mol. The third-order valence-corrected chi connectivity index (χ3v) is 6.63. The van der Waals surface area contributed by atoms with Crippen molar-refractivity contribution < 1.29 is 4.79 Å². The van der Waals surface area contributed by atoms with E-state index in [0.29, 0.717) is 25.1 Å². The first-order valence-electron chi connectivity index (χ1n) is 11.5. The Hall–Kier alpha value is -4.08. The van der Waals surface area contributed by atoms with Gasteiger partial charge in [0.1, 0.15) is 18.1 Å². The van der Waals surface area contributed by atoms with Crippen LogP contribution in [0.1, 0.15) is 28.3 Å². The van der Waals surface area contributed by atoms with Crippen LogP contribution in [-0.2, 0) is 37.1 Å². The van der Waals surface area contributed by atoms with Gasteiger partial charge in [-0.25, -0.2) is 15.0 Å². The number of hydrogen-bond acceptors (Lipinski definition) is 7. The molecule has 2 aliphatic rings. The summed E-state index contributed by atoms with van der Waals surface area (Å²) in [6.45, 7) is 3.26. The highest BCUT2D eigenvalue weighted by molar-refractivity contribution is 5.76. The quantitative estimate of drug-likeness (QED) is 0.472. The Balaban J connectivity index is 1.10. The summed E-state index contributed by atoms with van der Waals surface area (Å²) in [5.74, 6) is 1.42. The third-order valence-electron chi connectivity index (χ3n) is 6.63. The monoisotopic (exact) mass is 455 g/mol. The summed E-state index contributed by atoms with van der Waals surface area (Å²) in [7, 11) is 0. The van der Waals surface area contributed by atoms with E-state index in [1.807, 2.05) is 22.6 Å². The SMILES string of the molecule is Cc1nc(-c2cnc(NC3Cc4ccccc4C3)nc2)cn1CC(=O)N1CCc2n[nH]nc2C1. The predicted octanol–water partition coefficient (Wildman–Crippen LogP) is 1.93. The zero-order valence-corrected chi connectivity index (χ0v) is 18.9. The number of nitrogens with zero attached hydrogens (tertiary/aromatic N) is 7. The molecule has 4 aromatic rings. The van der Waals surface area contributed by atoms with E-state index in [1.165, 1.54) is 11.1 Å². The van der Waals surface area contributed by atoms with E-state index in [-0.39, 0.29) is 12.5 Å². The summed E-state index contributed by atoms with van der Waals surface area (Å²) in [5.41, 5.74) is 6.13. The molecule has 4 heterocycles. The Morgan fingerprint density at radius 2 is 1.85 bits per heavy atom. The Morgan fingerprint density at radius 1 is 1.12 bits per heavy atom. The van der Waals surface area contributed by atoms with Gasteiger partial charge < -0.3 is 14.8 Å². The topological polar surface area (TPSA) is 118 Å². The second-order valence-corrected chi connectivity index (χ2v) is 8.90. The van der Waals surface area contributed by atoms with E-state index in [2.05, 4.69) is 59.9 Å². The molecule has 3 aromatic heterocycles. The lowest BCUT2D eigenvalue weighted by molar-refractivity contribution is -0.132. The van der Waals surface area contributed by atoms with Crippen LogP contribution in [0.25, 0.3) is 11.3 Å². The van der Waals surface area contributed by atoms with E-state index in [4.69, 9.17) is 0 Å². The summed E-state index contributed by atoms with van der Waals surface area (Å²) in [5, 5.41) is 14.3. The summed E-state index contributed by atoms with van der Waals surface area (Å²) < 4.78 is 1.87. The average molecular weight is 456 g/mol. The van der Waals surface area contributed by atoms with E-state index >= 15 is 0 Å². The number of nitrogens with one attached hydrogen (secondary N) is 2. The molecular formula is C24H25N9O. The van der Waals surface area contributed by atoms with Crippen LogP contribution < -0.4 is 5.32 Å². The molecule has 2 N–H and O–H groups in total. The van der Waals surface area contributed by atoms with E-state index in [9.17, 15) is 4.79 Å². The highest BCUT2D eigenvalue weighted by Crippen LogP contribution is 2.24. The van der Waals surface area contributed by atoms with Crippen molar-refractivity contribution in [2.75, 3.05) is 11.9 Å². The van der Waals surface area contributed by atoms with Gasteiger partial charge >= 0.3 is 0 Å². The molecule has 0 saturated heterocycles. The Morgan fingerprint density at radius 3 is 2.62 bits per heavy atom. The minimum Gasteiger partial charge on any atom is -0.351 e. The second kappa shape index (κ2) is 8.36. The van der Waals surface area contributed by atoms with Crippen LogP contribution in [0.3, 0.4) is 0 Å². The molecule has 0 bridgehead atoms. The maximum atomic E-state index is 12.9. The van der Waals surface area contributed by atoms with Crippen LogP contribution in [-0.4, -0.2) is 58.3 Å². The summed E-state index contributed by atoms with van der Waals surface area (Å²) >= 11 is 0. The highest BCUT2D eigenvalue weighted by Gasteiger charge is 2.24. The lowest BCUT2D eigenvalue weighted by Crippen LogP contribution is -2.38. The third kappa shape index (κ3) is 3.91. The molecule has 1 amide bonds. The van der Waals surface area contributed by atoms with Crippen molar-refractivity contribution in [3.63, 3.8) is 0 Å². The molecule has 0 atom stereocenters. The van der Waals surface area contributed by atoms with Gasteiger partial charge in [-0.1, -0.05) is 24.3 Å². The van der Waals surface area contributed by atoms with Crippen molar-refractivity contribution >= 4 is 11.9 Å². The van der Waals surface area contributed by atoms with Gasteiger partial charge in [-0.3, -0.25) is 4.79 Å². The van der Waals surface area contributed by atoms with Crippen LogP contribution in [0.4, 0.5) is 5.95 Å². The first-order chi connectivity index (χ1) is 16.6. The van der Waals surface area contributed by atoms with Crippen molar-refractivity contribution in [3.8, 4) is 11.3 Å². The molecule has 0 saturated carbocycles. The molecule has 6 rings (SSSR count). The minimum absolute atomic E-state index is 0.0362. The molecule has 1 aliphatic heterocycles. The number of rotatable bonds is 5. The molecule has 0 fully saturated rings. The molecule has 10 heteroatoms. The number of carbonyl (C=O) groups excluding carboxylic acids is 1. The maximum absolute atomic E-state index is 12.9. The Bertz CT molecular complexity index is 1320. The second-order valence-electron chi connectivity index (χ2n) is 8.90. The number of amides is 1. The van der Waals surface area contributed by atoms with Crippen LogP contribution in [0.2, 0.25) is 0 Å². The van der Waals surface area contributed by atoms with Crippen molar-refractivity contribution in [2.24, 2.45) is 0 Å². The zero-order valence-electron chi connectivity index (χ0n) is 18.9. The van der Waals surface area contributed by atoms with Crippen LogP contribution in [0.15, 0.2) is 42.9 Å². The van der Waals surface area contributed by atoms with Crippen molar-refractivity contribution in [3.05, 3.63) is 71.2 Å². The summed E-state index contributed by atoms with van der Waals surface area (Å²) in [6, 6.07) is 8.84. The maximum Gasteiger partial charge on any atom is 0.242 e. The lowest BCUT2D eigenvalue weighted by Gasteiger charge is -2.25. The molecule has 1 aliphatic carbocycles. The Kier molecular flexibility index (Phi) is 5.05. The van der Waals surface area contributed by atoms with Crippen molar-refractivity contribution in [1.82, 2.24) is 39.8 Å². The molecule has 0 radical (unpaired) electrons. The largest absolute Gasteiger partial charge is 0.351 e. The molecular weight excluding hydrogens is 430 g/mol. The van der Waals surface area contributed by atoms with Gasteiger partial charge in [0, 0.05) is 43.2 Å². The smallest absolute Gasteiger partial charge is 0.242 e. The van der Waals surface area contributed by atoms with Gasteiger partial charge in [0.05, 0.1) is 17.9 Å². The van der Waals surface area contributed by atoms with E-state index in [0.717, 1.165) is 47.7 Å². The van der Waals surface area contributed by atoms with E-state index < -0.39 is 0 Å². The molecule has 172 valence electrons. The van der Waals surface area contributed by atoms with Gasteiger partial charge in [-0.15, -0.1) is 0 Å². The Labute approximate surface area is 196 Å². The number of aromatic nitrogens is 7. The minimum atomic E-state index is 0.0362. The molecule has 1 aromatic carbocycles. The number of aromatic amines is 1. The number of benzene rings is 1. The standard InChI is InChI=1S/C24H25N9O/c1-15-27-21(12-33(15)14-23(34)32-7-6-20-22(13-32)30-31-29-20)18-10-25-24(26-11-18)28-19-8-16-4-2-3-5-17(16)9-19/h2-5,10-12,19H,6-9,13-14H2,1H3,(H,25,26,28)(H,29,30,31). The fourth-order valence-corrected chi connectivity index (χ4v) is 4.75. The average Bonchev–Trinajstić information content (AvgIpc) is 3.57. The van der Waals surface area contributed by atoms with Gasteiger partial charge in [0.15, 0.2) is 0 Å². The first-order valence-corrected chi connectivity index (χ1v) is 11.5. The first kappa shape index (κ1) is 20.5. The molecule has 0 unspecified atom stereocenters. The summed E-state index contributed by atoms with van der Waals surface area (Å²) in [4.78, 5) is 28.3. The van der Waals surface area contributed by atoms with Crippen molar-refractivity contribution in [1.29, 1.82) is 0 Å². The summed E-state index contributed by atoms with van der Waals surface area (Å²) in [6.07, 6.45) is 8.13. The fourth-order valence-electron chi connectivity index (χ4n) is 4.75. The number of fused-ring (bicyclic) bond motifs is 2. The van der Waals surface area contributed by atoms with Gasteiger partial charge in [0.2, 0.25) is 11.9 Å². The lowest BCUT2D eigenvalue weighted by atomic mass is 10.1. The van der Waals surface area contributed by atoms with Crippen LogP contribution in [0.5, 0.6) is 0 Å². The normalized spacial score (nSPS) is 15.3. The fraction of sp³-hybridized carbons (Fsp3) is 0.333. The van der Waals surface area contributed by atoms with Gasteiger partial charge in [-0.05, 0) is 30.9 Å². The number of anilines is 1. The number of hydrogen-bond donors (Lipinski definition) is 2. The molecule has 10 nitrogen and oxygen atoms in total.